The molecule has 3 aliphatic rings. The van der Waals surface area contributed by atoms with E-state index in [9.17, 15) is 24.9 Å². The maximum absolute atomic E-state index is 17.4. The number of hydrogen-bond donors (Lipinski definition) is 4. The van der Waals surface area contributed by atoms with Crippen molar-refractivity contribution in [1.82, 2.24) is 14.8 Å². The molecule has 11 nitrogen and oxygen atoms in total. The van der Waals surface area contributed by atoms with Crippen molar-refractivity contribution in [3.63, 3.8) is 0 Å². The van der Waals surface area contributed by atoms with Crippen LogP contribution in [0.15, 0.2) is 48.1 Å². The maximum atomic E-state index is 17.4. The molecule has 3 aromatic rings. The molecule has 0 aliphatic carbocycles. The van der Waals surface area contributed by atoms with Crippen molar-refractivity contribution in [3.8, 4) is 22.6 Å². The number of carbonyl (C=O) groups is 2. The number of aliphatic imine (C=N–C) groups is 1. The number of hydrogen-bond acceptors (Lipinski definition) is 9. The van der Waals surface area contributed by atoms with Crippen LogP contribution in [-0.4, -0.2) is 79.3 Å². The first-order valence-corrected chi connectivity index (χ1v) is 14.8. The number of aromatic hydroxyl groups is 2. The fourth-order valence-corrected chi connectivity index (χ4v) is 6.81. The molecule has 4 heterocycles. The molecule has 234 valence electrons. The van der Waals surface area contributed by atoms with Crippen LogP contribution in [0.4, 0.5) is 21.5 Å². The first-order chi connectivity index (χ1) is 21.4. The van der Waals surface area contributed by atoms with E-state index in [1.807, 2.05) is 13.8 Å². The number of carbonyl (C=O) groups excluding carboxylic acids is 2. The van der Waals surface area contributed by atoms with Gasteiger partial charge in [0.05, 0.1) is 45.5 Å². The van der Waals surface area contributed by atoms with E-state index < -0.39 is 41.7 Å². The first kappa shape index (κ1) is 30.4. The van der Waals surface area contributed by atoms with E-state index in [0.29, 0.717) is 16.9 Å². The third-order valence-corrected chi connectivity index (χ3v) is 8.85. The molecule has 3 unspecified atom stereocenters. The number of phenolic OH excluding ortho intramolecular Hbond substituents is 2. The number of halogens is 2. The molecule has 3 atom stereocenters. The number of amides is 2. The van der Waals surface area contributed by atoms with Gasteiger partial charge in [-0.15, -0.1) is 0 Å². The SMILES string of the molecule is C=CC(=O)N1CC(C)N2C3=NC(O)N(c4c(C)ccnc4C(C)C)c4c(F)c(-c5c(O)cccc5O)c(Cl)c(c43)NC(=O)C2C1. The van der Waals surface area contributed by atoms with Crippen LogP contribution >= 0.6 is 11.6 Å². The highest BCUT2D eigenvalue weighted by atomic mass is 35.5. The molecule has 0 bridgehead atoms. The second-order valence-electron chi connectivity index (χ2n) is 11.7. The average Bonchev–Trinajstić information content (AvgIpc) is 3.11. The highest BCUT2D eigenvalue weighted by Gasteiger charge is 2.48. The molecule has 1 aromatic heterocycles. The van der Waals surface area contributed by atoms with Crippen LogP contribution in [0.1, 0.15) is 43.5 Å². The monoisotopic (exact) mass is 634 g/mol. The lowest BCUT2D eigenvalue weighted by atomic mass is 9.93. The van der Waals surface area contributed by atoms with Crippen molar-refractivity contribution in [3.05, 3.63) is 70.8 Å². The quantitative estimate of drug-likeness (QED) is 0.305. The molecule has 2 aromatic carbocycles. The second-order valence-corrected chi connectivity index (χ2v) is 12.0. The molecular formula is C32H32ClFN6O5. The van der Waals surface area contributed by atoms with Crippen LogP contribution in [0.5, 0.6) is 11.5 Å². The maximum Gasteiger partial charge on any atom is 0.249 e. The minimum Gasteiger partial charge on any atom is -0.507 e. The van der Waals surface area contributed by atoms with Crippen molar-refractivity contribution in [2.75, 3.05) is 23.3 Å². The molecule has 13 heteroatoms. The van der Waals surface area contributed by atoms with Crippen molar-refractivity contribution in [2.24, 2.45) is 4.99 Å². The highest BCUT2D eigenvalue weighted by Crippen LogP contribution is 2.54. The predicted octanol–water partition coefficient (Wildman–Crippen LogP) is 4.60. The fourth-order valence-electron chi connectivity index (χ4n) is 6.49. The molecule has 3 aliphatic heterocycles. The van der Waals surface area contributed by atoms with Crippen LogP contribution in [0.3, 0.4) is 0 Å². The molecule has 1 fully saturated rings. The van der Waals surface area contributed by atoms with E-state index in [0.717, 1.165) is 0 Å². The lowest BCUT2D eigenvalue weighted by Gasteiger charge is -2.47. The van der Waals surface area contributed by atoms with E-state index in [4.69, 9.17) is 11.6 Å². The minimum absolute atomic E-state index is 0.0257. The minimum atomic E-state index is -1.68. The molecule has 0 spiro atoms. The lowest BCUT2D eigenvalue weighted by Crippen LogP contribution is -2.63. The number of aliphatic hydroxyl groups is 1. The molecule has 2 amide bonds. The summed E-state index contributed by atoms with van der Waals surface area (Å²) < 4.78 is 17.4. The third-order valence-electron chi connectivity index (χ3n) is 8.47. The molecule has 4 N–H and O–H groups in total. The predicted molar refractivity (Wildman–Crippen MR) is 168 cm³/mol. The Bertz CT molecular complexity index is 1790. The Hall–Kier alpha value is -4.68. The van der Waals surface area contributed by atoms with Crippen LogP contribution in [-0.2, 0) is 9.59 Å². The van der Waals surface area contributed by atoms with Gasteiger partial charge in [-0.2, -0.15) is 0 Å². The molecular weight excluding hydrogens is 603 g/mol. The van der Waals surface area contributed by atoms with Gasteiger partial charge in [0, 0.05) is 24.3 Å². The molecule has 6 rings (SSSR count). The smallest absolute Gasteiger partial charge is 0.249 e. The number of amidine groups is 1. The Balaban J connectivity index is 1.71. The number of piperazine rings is 1. The summed E-state index contributed by atoms with van der Waals surface area (Å²) in [6.45, 7) is 11.2. The number of aryl methyl sites for hydroxylation is 1. The Morgan fingerprint density at radius 2 is 1.84 bits per heavy atom. The van der Waals surface area contributed by atoms with Gasteiger partial charge in [0.15, 0.2) is 5.82 Å². The second kappa shape index (κ2) is 11.0. The topological polar surface area (TPSA) is 142 Å². The number of phenols is 2. The number of pyridine rings is 1. The summed E-state index contributed by atoms with van der Waals surface area (Å²) >= 11 is 6.92. The van der Waals surface area contributed by atoms with Crippen LogP contribution < -0.4 is 10.2 Å². The van der Waals surface area contributed by atoms with Gasteiger partial charge in [-0.25, -0.2) is 9.38 Å². The van der Waals surface area contributed by atoms with Crippen molar-refractivity contribution < 1.29 is 29.3 Å². The summed E-state index contributed by atoms with van der Waals surface area (Å²) in [6.07, 6.45) is 1.11. The number of benzene rings is 2. The van der Waals surface area contributed by atoms with Gasteiger partial charge in [0.2, 0.25) is 18.2 Å². The number of nitrogens with zero attached hydrogens (tertiary/aromatic N) is 5. The van der Waals surface area contributed by atoms with E-state index in [1.54, 1.807) is 31.0 Å². The van der Waals surface area contributed by atoms with Gasteiger partial charge in [0.25, 0.3) is 0 Å². The lowest BCUT2D eigenvalue weighted by molar-refractivity contribution is -0.132. The zero-order valence-electron chi connectivity index (χ0n) is 25.0. The van der Waals surface area contributed by atoms with Crippen molar-refractivity contribution in [1.29, 1.82) is 0 Å². The average molecular weight is 635 g/mol. The Morgan fingerprint density at radius 3 is 2.49 bits per heavy atom. The van der Waals surface area contributed by atoms with Crippen molar-refractivity contribution >= 4 is 46.3 Å². The number of fused-ring (bicyclic) bond motifs is 2. The summed E-state index contributed by atoms with van der Waals surface area (Å²) in [5.41, 5.74) is 0.846. The molecule has 45 heavy (non-hydrogen) atoms. The highest BCUT2D eigenvalue weighted by molar-refractivity contribution is 6.39. The Kier molecular flexibility index (Phi) is 7.45. The zero-order valence-corrected chi connectivity index (χ0v) is 25.8. The standard InChI is InChI=1S/C32H32ClFN6O5/c1-6-20(43)38-12-16(5)39-17(13-38)31(44)36-27-23-29(25(34)22(24(27)33)21-18(41)8-7-9-19(21)42)40(32(45)37-30(23)39)28-15(4)10-11-35-26(28)14(2)3/h6-11,14,16-17,32,41-42,45H,1,12-13H2,2-5H3,(H,36,44). The molecule has 1 saturated heterocycles. The number of anilines is 3. The number of aromatic nitrogens is 1. The summed E-state index contributed by atoms with van der Waals surface area (Å²) in [6, 6.07) is 4.18. The Morgan fingerprint density at radius 1 is 1.16 bits per heavy atom. The van der Waals surface area contributed by atoms with Crippen LogP contribution in [0, 0.1) is 12.7 Å². The summed E-state index contributed by atoms with van der Waals surface area (Å²) in [4.78, 5) is 40.2. The summed E-state index contributed by atoms with van der Waals surface area (Å²) in [7, 11) is 0. The van der Waals surface area contributed by atoms with E-state index in [2.05, 4.69) is 21.9 Å². The summed E-state index contributed by atoms with van der Waals surface area (Å²) in [5, 5.41) is 36.0. The number of nitrogens with one attached hydrogen (secondary N) is 1. The molecule has 0 radical (unpaired) electrons. The first-order valence-electron chi connectivity index (χ1n) is 14.4. The van der Waals surface area contributed by atoms with Crippen molar-refractivity contribution in [2.45, 2.75) is 52.0 Å². The van der Waals surface area contributed by atoms with E-state index >= 15 is 4.39 Å². The van der Waals surface area contributed by atoms with Gasteiger partial charge in [0.1, 0.15) is 23.4 Å². The molecule has 0 saturated carbocycles. The number of aliphatic hydroxyl groups excluding tert-OH is 1. The normalized spacial score (nSPS) is 20.7. The summed E-state index contributed by atoms with van der Waals surface area (Å²) in [5.74, 6) is -2.83. The van der Waals surface area contributed by atoms with Crippen LogP contribution in [0.2, 0.25) is 5.02 Å². The fraction of sp³-hybridized carbons (Fsp3) is 0.312. The van der Waals surface area contributed by atoms with E-state index in [-0.39, 0.29) is 63.8 Å². The van der Waals surface area contributed by atoms with Gasteiger partial charge < -0.3 is 30.4 Å². The number of rotatable bonds is 4. The van der Waals surface area contributed by atoms with Gasteiger partial charge in [-0.3, -0.25) is 19.5 Å². The zero-order chi connectivity index (χ0) is 32.5. The van der Waals surface area contributed by atoms with Gasteiger partial charge in [-0.05, 0) is 49.6 Å². The van der Waals surface area contributed by atoms with Crippen LogP contribution in [0.25, 0.3) is 11.1 Å². The van der Waals surface area contributed by atoms with Gasteiger partial charge in [-0.1, -0.05) is 38.1 Å². The van der Waals surface area contributed by atoms with Gasteiger partial charge >= 0.3 is 0 Å². The van der Waals surface area contributed by atoms with E-state index in [1.165, 1.54) is 34.1 Å². The third kappa shape index (κ3) is 4.58. The largest absolute Gasteiger partial charge is 0.507 e. The Labute approximate surface area is 263 Å².